The minimum atomic E-state index is -0.0768. The van der Waals surface area contributed by atoms with Crippen LogP contribution >= 0.6 is 11.3 Å². The molecule has 1 aromatic carbocycles. The van der Waals surface area contributed by atoms with Gasteiger partial charge < -0.3 is 15.1 Å². The maximum absolute atomic E-state index is 12.5. The van der Waals surface area contributed by atoms with Gasteiger partial charge in [0.25, 0.3) is 11.8 Å². The lowest BCUT2D eigenvalue weighted by Crippen LogP contribution is -3.11. The zero-order valence-electron chi connectivity index (χ0n) is 17.1. The molecule has 0 saturated carbocycles. The van der Waals surface area contributed by atoms with Crippen molar-refractivity contribution in [3.63, 3.8) is 0 Å². The molecule has 5 nitrogen and oxygen atoms in total. The van der Waals surface area contributed by atoms with E-state index in [4.69, 9.17) is 0 Å². The van der Waals surface area contributed by atoms with Crippen LogP contribution < -0.4 is 10.2 Å². The van der Waals surface area contributed by atoms with Crippen LogP contribution in [0.5, 0.6) is 0 Å². The molecule has 0 aliphatic heterocycles. The van der Waals surface area contributed by atoms with Crippen LogP contribution in [0.3, 0.4) is 0 Å². The average Bonchev–Trinajstić information content (AvgIpc) is 2.95. The van der Waals surface area contributed by atoms with Gasteiger partial charge in [-0.25, -0.2) is 0 Å². The number of hydrogen-bond donors (Lipinski definition) is 2. The summed E-state index contributed by atoms with van der Waals surface area (Å²) >= 11 is 1.66. The molecule has 1 heterocycles. The molecule has 2 rings (SSSR count). The summed E-state index contributed by atoms with van der Waals surface area (Å²) in [7, 11) is 3.68. The van der Waals surface area contributed by atoms with E-state index in [0.29, 0.717) is 13.1 Å². The number of rotatable bonds is 7. The Morgan fingerprint density at radius 3 is 2.26 bits per heavy atom. The minimum Gasteiger partial charge on any atom is -0.336 e. The third kappa shape index (κ3) is 5.91. The lowest BCUT2D eigenvalue weighted by molar-refractivity contribution is -0.862. The number of benzene rings is 1. The fraction of sp³-hybridized carbons (Fsp3) is 0.429. The Bertz CT molecular complexity index is 806. The summed E-state index contributed by atoms with van der Waals surface area (Å²) in [5.74, 6) is -0.0390. The predicted octanol–water partition coefficient (Wildman–Crippen LogP) is 2.09. The SMILES string of the molecule is Cc1cc(C)c(NC(=O)C[NH+](C)CC(=O)N(C)Cc2sccc2C)c(C)c1. The highest BCUT2D eigenvalue weighted by atomic mass is 32.1. The van der Waals surface area contributed by atoms with E-state index in [1.165, 1.54) is 16.0 Å². The number of quaternary nitrogens is 1. The van der Waals surface area contributed by atoms with Gasteiger partial charge >= 0.3 is 0 Å². The molecule has 2 aromatic rings. The lowest BCUT2D eigenvalue weighted by atomic mass is 10.1. The normalized spacial score (nSPS) is 11.9. The van der Waals surface area contributed by atoms with Crippen molar-refractivity contribution in [1.29, 1.82) is 0 Å². The van der Waals surface area contributed by atoms with E-state index in [-0.39, 0.29) is 18.4 Å². The molecule has 0 fully saturated rings. The first-order valence-electron chi connectivity index (χ1n) is 9.13. The van der Waals surface area contributed by atoms with Gasteiger partial charge in [0, 0.05) is 17.6 Å². The molecule has 1 atom stereocenters. The van der Waals surface area contributed by atoms with Crippen molar-refractivity contribution in [2.45, 2.75) is 34.2 Å². The molecule has 27 heavy (non-hydrogen) atoms. The summed E-state index contributed by atoms with van der Waals surface area (Å²) in [6.07, 6.45) is 0. The van der Waals surface area contributed by atoms with Gasteiger partial charge in [0.15, 0.2) is 13.1 Å². The van der Waals surface area contributed by atoms with Crippen LogP contribution in [0.4, 0.5) is 5.69 Å². The number of nitrogens with one attached hydrogen (secondary N) is 2. The fourth-order valence-electron chi connectivity index (χ4n) is 3.16. The van der Waals surface area contributed by atoms with Crippen molar-refractivity contribution in [3.8, 4) is 0 Å². The molecule has 0 radical (unpaired) electrons. The van der Waals surface area contributed by atoms with Gasteiger partial charge in [0.2, 0.25) is 0 Å². The van der Waals surface area contributed by atoms with Crippen LogP contribution in [0.2, 0.25) is 0 Å². The molecule has 0 spiro atoms. The van der Waals surface area contributed by atoms with Crippen LogP contribution in [0.1, 0.15) is 27.1 Å². The smallest absolute Gasteiger partial charge is 0.279 e. The highest BCUT2D eigenvalue weighted by Crippen LogP contribution is 2.21. The molecular formula is C21H30N3O2S+. The van der Waals surface area contributed by atoms with Gasteiger partial charge in [-0.3, -0.25) is 9.59 Å². The zero-order valence-corrected chi connectivity index (χ0v) is 17.9. The summed E-state index contributed by atoms with van der Waals surface area (Å²) in [5.41, 5.74) is 5.38. The minimum absolute atomic E-state index is 0.0378. The summed E-state index contributed by atoms with van der Waals surface area (Å²) in [6, 6.07) is 6.18. The standard InChI is InChI=1S/C21H29N3O2S/c1-14-9-16(3)21(17(4)10-14)22-19(25)12-23(5)13-20(26)24(6)11-18-15(2)7-8-27-18/h7-10H,11-13H2,1-6H3,(H,22,25)/p+1. The Hall–Kier alpha value is -2.18. The first-order chi connectivity index (χ1) is 12.7. The number of likely N-dealkylation sites (N-methyl/N-ethyl adjacent to an activating group) is 2. The van der Waals surface area contributed by atoms with Crippen molar-refractivity contribution in [2.75, 3.05) is 32.5 Å². The maximum Gasteiger partial charge on any atom is 0.279 e. The Morgan fingerprint density at radius 2 is 1.70 bits per heavy atom. The van der Waals surface area contributed by atoms with Crippen LogP contribution in [0, 0.1) is 27.7 Å². The molecule has 0 aliphatic rings. The average molecular weight is 389 g/mol. The number of thiophene rings is 1. The number of amides is 2. The highest BCUT2D eigenvalue weighted by molar-refractivity contribution is 7.10. The third-order valence-corrected chi connectivity index (χ3v) is 5.64. The first kappa shape index (κ1) is 21.1. The molecule has 0 saturated heterocycles. The Kier molecular flexibility index (Phi) is 7.16. The summed E-state index contributed by atoms with van der Waals surface area (Å²) in [6.45, 7) is 9.26. The quantitative estimate of drug-likeness (QED) is 0.763. The van der Waals surface area contributed by atoms with Crippen LogP contribution in [0.25, 0.3) is 0 Å². The number of anilines is 1. The molecule has 2 N–H and O–H groups in total. The second-order valence-electron chi connectivity index (χ2n) is 7.41. The van der Waals surface area contributed by atoms with E-state index in [2.05, 4.69) is 30.4 Å². The van der Waals surface area contributed by atoms with Crippen LogP contribution in [-0.2, 0) is 16.1 Å². The molecule has 1 aromatic heterocycles. The summed E-state index contributed by atoms with van der Waals surface area (Å²) < 4.78 is 0. The number of nitrogens with zero attached hydrogens (tertiary/aromatic N) is 1. The van der Waals surface area contributed by atoms with Crippen LogP contribution in [0.15, 0.2) is 23.6 Å². The second kappa shape index (κ2) is 9.15. The Morgan fingerprint density at radius 1 is 1.07 bits per heavy atom. The monoisotopic (exact) mass is 388 g/mol. The molecule has 0 aliphatic carbocycles. The maximum atomic E-state index is 12.5. The van der Waals surface area contributed by atoms with Gasteiger partial charge in [-0.2, -0.15) is 0 Å². The van der Waals surface area contributed by atoms with Crippen molar-refractivity contribution in [1.82, 2.24) is 4.90 Å². The fourth-order valence-corrected chi connectivity index (χ4v) is 4.12. The molecule has 0 bridgehead atoms. The topological polar surface area (TPSA) is 53.9 Å². The summed E-state index contributed by atoms with van der Waals surface area (Å²) in [4.78, 5) is 28.7. The molecular weight excluding hydrogens is 358 g/mol. The Labute approximate surface area is 166 Å². The zero-order chi connectivity index (χ0) is 20.1. The van der Waals surface area contributed by atoms with Crippen molar-refractivity contribution >= 4 is 28.8 Å². The number of aryl methyl sites for hydroxylation is 4. The molecule has 6 heteroatoms. The number of hydrogen-bond acceptors (Lipinski definition) is 3. The van der Waals surface area contributed by atoms with Gasteiger partial charge in [0.05, 0.1) is 13.6 Å². The first-order valence-corrected chi connectivity index (χ1v) is 10.0. The van der Waals surface area contributed by atoms with E-state index in [1.807, 2.05) is 40.2 Å². The van der Waals surface area contributed by atoms with Gasteiger partial charge in [0.1, 0.15) is 0 Å². The summed E-state index contributed by atoms with van der Waals surface area (Å²) in [5, 5.41) is 5.04. The number of carbonyl (C=O) groups is 2. The van der Waals surface area contributed by atoms with E-state index < -0.39 is 0 Å². The molecule has 146 valence electrons. The van der Waals surface area contributed by atoms with Gasteiger partial charge in [-0.05, 0) is 55.8 Å². The largest absolute Gasteiger partial charge is 0.336 e. The predicted molar refractivity (Wildman–Crippen MR) is 111 cm³/mol. The van der Waals surface area contributed by atoms with E-state index >= 15 is 0 Å². The van der Waals surface area contributed by atoms with Gasteiger partial charge in [-0.15, -0.1) is 11.3 Å². The second-order valence-corrected chi connectivity index (χ2v) is 8.41. The number of carbonyl (C=O) groups excluding carboxylic acids is 2. The molecule has 2 amide bonds. The van der Waals surface area contributed by atoms with E-state index in [0.717, 1.165) is 21.7 Å². The van der Waals surface area contributed by atoms with Crippen LogP contribution in [-0.4, -0.2) is 43.9 Å². The van der Waals surface area contributed by atoms with E-state index in [1.54, 1.807) is 16.2 Å². The Balaban J connectivity index is 1.87. The highest BCUT2D eigenvalue weighted by Gasteiger charge is 2.19. The van der Waals surface area contributed by atoms with Crippen molar-refractivity contribution < 1.29 is 14.5 Å². The van der Waals surface area contributed by atoms with E-state index in [9.17, 15) is 9.59 Å². The van der Waals surface area contributed by atoms with Crippen molar-refractivity contribution in [2.24, 2.45) is 0 Å². The van der Waals surface area contributed by atoms with Crippen molar-refractivity contribution in [3.05, 3.63) is 50.7 Å². The molecule has 1 unspecified atom stereocenters. The third-order valence-electron chi connectivity index (χ3n) is 4.63. The lowest BCUT2D eigenvalue weighted by Gasteiger charge is -2.20. The van der Waals surface area contributed by atoms with Gasteiger partial charge in [-0.1, -0.05) is 17.7 Å².